The number of nitrogens with zero attached hydrogens (tertiary/aromatic N) is 1. The number of hydrogen-bond acceptors (Lipinski definition) is 2. The van der Waals surface area contributed by atoms with E-state index < -0.39 is 6.04 Å². The van der Waals surface area contributed by atoms with Crippen LogP contribution in [0, 0.1) is 6.92 Å². The lowest BCUT2D eigenvalue weighted by Crippen LogP contribution is -2.50. The first-order valence-corrected chi connectivity index (χ1v) is 10.6. The number of hydrogen-bond donors (Lipinski definition) is 1. The number of rotatable bonds is 9. The Hall–Kier alpha value is -2.33. The molecular weight excluding hydrogens is 384 g/mol. The topological polar surface area (TPSA) is 49.4 Å². The third-order valence-electron chi connectivity index (χ3n) is 4.86. The average molecular weight is 415 g/mol. The molecule has 2 aromatic rings. The van der Waals surface area contributed by atoms with Crippen molar-refractivity contribution in [2.45, 2.75) is 65.6 Å². The summed E-state index contributed by atoms with van der Waals surface area (Å²) in [5.74, 6) is -0.156. The highest BCUT2D eigenvalue weighted by atomic mass is 35.5. The van der Waals surface area contributed by atoms with E-state index in [2.05, 4.69) is 5.32 Å². The van der Waals surface area contributed by atoms with E-state index in [9.17, 15) is 9.59 Å². The molecule has 0 aliphatic carbocycles. The summed E-state index contributed by atoms with van der Waals surface area (Å²) >= 11 is 6.24. The average Bonchev–Trinajstić information content (AvgIpc) is 2.68. The summed E-state index contributed by atoms with van der Waals surface area (Å²) < 4.78 is 0. The van der Waals surface area contributed by atoms with Crippen LogP contribution in [-0.4, -0.2) is 28.8 Å². The third-order valence-corrected chi connectivity index (χ3v) is 5.23. The molecule has 29 heavy (non-hydrogen) atoms. The van der Waals surface area contributed by atoms with Gasteiger partial charge in [-0.3, -0.25) is 9.59 Å². The lowest BCUT2D eigenvalue weighted by atomic mass is 10.1. The van der Waals surface area contributed by atoms with Gasteiger partial charge in [-0.1, -0.05) is 66.6 Å². The predicted molar refractivity (Wildman–Crippen MR) is 119 cm³/mol. The second kappa shape index (κ2) is 11.0. The third kappa shape index (κ3) is 6.90. The van der Waals surface area contributed by atoms with E-state index in [4.69, 9.17) is 11.6 Å². The molecule has 0 aromatic heterocycles. The molecule has 2 aromatic carbocycles. The lowest BCUT2D eigenvalue weighted by molar-refractivity contribution is -0.141. The van der Waals surface area contributed by atoms with Crippen molar-refractivity contribution in [3.05, 3.63) is 70.2 Å². The Kier molecular flexibility index (Phi) is 8.71. The first-order chi connectivity index (χ1) is 13.8. The minimum absolute atomic E-state index is 0.0241. The van der Waals surface area contributed by atoms with E-state index in [0.717, 1.165) is 16.7 Å². The number of aryl methyl sites for hydroxylation is 2. The molecule has 2 rings (SSSR count). The van der Waals surface area contributed by atoms with Crippen molar-refractivity contribution in [1.82, 2.24) is 10.2 Å². The molecule has 1 atom stereocenters. The highest BCUT2D eigenvalue weighted by Crippen LogP contribution is 2.19. The fourth-order valence-electron chi connectivity index (χ4n) is 3.28. The molecule has 1 unspecified atom stereocenters. The molecule has 0 saturated heterocycles. The van der Waals surface area contributed by atoms with Crippen molar-refractivity contribution in [2.24, 2.45) is 0 Å². The number of benzene rings is 2. The first kappa shape index (κ1) is 23.0. The van der Waals surface area contributed by atoms with Crippen molar-refractivity contribution in [3.8, 4) is 0 Å². The van der Waals surface area contributed by atoms with Crippen LogP contribution in [0.15, 0.2) is 48.5 Å². The largest absolute Gasteiger partial charge is 0.352 e. The summed E-state index contributed by atoms with van der Waals surface area (Å²) in [6.45, 7) is 8.23. The van der Waals surface area contributed by atoms with Crippen LogP contribution in [0.2, 0.25) is 5.02 Å². The van der Waals surface area contributed by atoms with Gasteiger partial charge in [0, 0.05) is 24.0 Å². The molecule has 0 saturated carbocycles. The van der Waals surface area contributed by atoms with Crippen molar-refractivity contribution in [1.29, 1.82) is 0 Å². The van der Waals surface area contributed by atoms with E-state index in [1.807, 2.05) is 76.2 Å². The van der Waals surface area contributed by atoms with Crippen LogP contribution < -0.4 is 5.32 Å². The van der Waals surface area contributed by atoms with Gasteiger partial charge in [0.05, 0.1) is 0 Å². The maximum atomic E-state index is 13.2. The molecular formula is C24H31ClN2O2. The van der Waals surface area contributed by atoms with Gasteiger partial charge in [0.15, 0.2) is 0 Å². The maximum absolute atomic E-state index is 13.2. The molecule has 5 heteroatoms. The van der Waals surface area contributed by atoms with Gasteiger partial charge in [-0.05, 0) is 50.8 Å². The zero-order chi connectivity index (χ0) is 21.4. The van der Waals surface area contributed by atoms with Gasteiger partial charge in [-0.15, -0.1) is 0 Å². The van der Waals surface area contributed by atoms with Gasteiger partial charge < -0.3 is 10.2 Å². The van der Waals surface area contributed by atoms with Crippen LogP contribution in [0.1, 0.15) is 50.3 Å². The van der Waals surface area contributed by atoms with Gasteiger partial charge >= 0.3 is 0 Å². The summed E-state index contributed by atoms with van der Waals surface area (Å²) in [5, 5.41) is 3.61. The summed E-state index contributed by atoms with van der Waals surface area (Å²) in [4.78, 5) is 27.7. The number of nitrogens with one attached hydrogen (secondary N) is 1. The van der Waals surface area contributed by atoms with E-state index >= 15 is 0 Å². The Labute approximate surface area is 179 Å². The second-order valence-corrected chi connectivity index (χ2v) is 8.09. The molecule has 0 radical (unpaired) electrons. The van der Waals surface area contributed by atoms with Crippen molar-refractivity contribution in [3.63, 3.8) is 0 Å². The summed E-state index contributed by atoms with van der Waals surface area (Å²) in [7, 11) is 0. The Morgan fingerprint density at radius 3 is 2.31 bits per heavy atom. The van der Waals surface area contributed by atoms with E-state index in [1.54, 1.807) is 4.90 Å². The minimum Gasteiger partial charge on any atom is -0.352 e. The SMILES string of the molecule is CCC(C(=O)NC(C)C)N(Cc1ccc(C)cc1)C(=O)CCc1ccccc1Cl. The predicted octanol–water partition coefficient (Wildman–Crippen LogP) is 4.91. The maximum Gasteiger partial charge on any atom is 0.243 e. The summed E-state index contributed by atoms with van der Waals surface area (Å²) in [6, 6.07) is 15.1. The molecule has 0 fully saturated rings. The van der Waals surface area contributed by atoms with Crippen molar-refractivity contribution in [2.75, 3.05) is 0 Å². The minimum atomic E-state index is -0.502. The van der Waals surface area contributed by atoms with Gasteiger partial charge in [0.2, 0.25) is 11.8 Å². The normalized spacial score (nSPS) is 11.9. The highest BCUT2D eigenvalue weighted by molar-refractivity contribution is 6.31. The summed E-state index contributed by atoms with van der Waals surface area (Å²) in [5.41, 5.74) is 3.12. The fraction of sp³-hybridized carbons (Fsp3) is 0.417. The Morgan fingerprint density at radius 2 is 1.72 bits per heavy atom. The standard InChI is InChI=1S/C24H31ClN2O2/c1-5-22(24(29)26-17(2)3)27(16-19-12-10-18(4)11-13-19)23(28)15-14-20-8-6-7-9-21(20)25/h6-13,17,22H,5,14-16H2,1-4H3,(H,26,29). The molecule has 156 valence electrons. The molecule has 4 nitrogen and oxygen atoms in total. The molecule has 2 amide bonds. The summed E-state index contributed by atoms with van der Waals surface area (Å²) in [6.07, 6.45) is 1.41. The van der Waals surface area contributed by atoms with Crippen molar-refractivity contribution < 1.29 is 9.59 Å². The molecule has 0 aliphatic rings. The number of amides is 2. The molecule has 0 heterocycles. The fourth-order valence-corrected chi connectivity index (χ4v) is 3.51. The molecule has 1 N–H and O–H groups in total. The Morgan fingerprint density at radius 1 is 1.07 bits per heavy atom. The van der Waals surface area contributed by atoms with E-state index in [-0.39, 0.29) is 17.9 Å². The van der Waals surface area contributed by atoms with E-state index in [1.165, 1.54) is 0 Å². The first-order valence-electron chi connectivity index (χ1n) is 10.2. The molecule has 0 spiro atoms. The zero-order valence-electron chi connectivity index (χ0n) is 17.7. The molecule has 0 aliphatic heterocycles. The number of carbonyl (C=O) groups excluding carboxylic acids is 2. The Balaban J connectivity index is 2.21. The number of carbonyl (C=O) groups is 2. The smallest absolute Gasteiger partial charge is 0.243 e. The van der Waals surface area contributed by atoms with Gasteiger partial charge in [-0.2, -0.15) is 0 Å². The second-order valence-electron chi connectivity index (χ2n) is 7.69. The Bertz CT molecular complexity index is 818. The lowest BCUT2D eigenvalue weighted by Gasteiger charge is -2.31. The van der Waals surface area contributed by atoms with Crippen LogP contribution in [0.4, 0.5) is 0 Å². The van der Waals surface area contributed by atoms with Crippen LogP contribution in [0.5, 0.6) is 0 Å². The quantitative estimate of drug-likeness (QED) is 0.633. The van der Waals surface area contributed by atoms with Crippen LogP contribution in [-0.2, 0) is 22.6 Å². The van der Waals surface area contributed by atoms with Crippen molar-refractivity contribution >= 4 is 23.4 Å². The van der Waals surface area contributed by atoms with Crippen LogP contribution in [0.25, 0.3) is 0 Å². The molecule has 0 bridgehead atoms. The highest BCUT2D eigenvalue weighted by Gasteiger charge is 2.28. The van der Waals surface area contributed by atoms with Gasteiger partial charge in [0.25, 0.3) is 0 Å². The zero-order valence-corrected chi connectivity index (χ0v) is 18.5. The monoisotopic (exact) mass is 414 g/mol. The van der Waals surface area contributed by atoms with Crippen LogP contribution >= 0.6 is 11.6 Å². The van der Waals surface area contributed by atoms with Gasteiger partial charge in [-0.25, -0.2) is 0 Å². The number of halogens is 1. The van der Waals surface area contributed by atoms with E-state index in [0.29, 0.717) is 30.8 Å². The van der Waals surface area contributed by atoms with Crippen LogP contribution in [0.3, 0.4) is 0 Å². The van der Waals surface area contributed by atoms with Gasteiger partial charge in [0.1, 0.15) is 6.04 Å².